The molecule has 1 heterocycles. The van der Waals surface area contributed by atoms with Crippen LogP contribution in [0.15, 0.2) is 0 Å². The molecule has 7 nitrogen and oxygen atoms in total. The van der Waals surface area contributed by atoms with Crippen molar-refractivity contribution >= 4 is 17.9 Å². The highest BCUT2D eigenvalue weighted by Crippen LogP contribution is 2.17. The van der Waals surface area contributed by atoms with Gasteiger partial charge >= 0.3 is 12.0 Å². The Morgan fingerprint density at radius 3 is 2.45 bits per heavy atom. The van der Waals surface area contributed by atoms with Gasteiger partial charge in [-0.3, -0.25) is 4.79 Å². The molecule has 0 aromatic carbocycles. The fraction of sp³-hybridized carbons (Fsp3) is 0.769. The number of carboxylic acid groups (broad SMARTS) is 1. The van der Waals surface area contributed by atoms with E-state index >= 15 is 0 Å². The largest absolute Gasteiger partial charge is 0.480 e. The molecular formula is C13H23N3O4. The van der Waals surface area contributed by atoms with Gasteiger partial charge in [0.25, 0.3) is 0 Å². The summed E-state index contributed by atoms with van der Waals surface area (Å²) in [6.45, 7) is 6.93. The summed E-state index contributed by atoms with van der Waals surface area (Å²) in [5.74, 6) is -1.16. The monoisotopic (exact) mass is 285 g/mol. The number of likely N-dealkylation sites (tertiary alicyclic amines) is 1. The predicted molar refractivity (Wildman–Crippen MR) is 73.3 cm³/mol. The number of hydrogen-bond donors (Lipinski definition) is 2. The van der Waals surface area contributed by atoms with Crippen LogP contribution in [0.3, 0.4) is 0 Å². The number of rotatable bonds is 5. The van der Waals surface area contributed by atoms with Crippen LogP contribution in [-0.4, -0.2) is 64.5 Å². The molecule has 1 unspecified atom stereocenters. The van der Waals surface area contributed by atoms with Crippen LogP contribution in [0.25, 0.3) is 0 Å². The molecule has 0 aromatic rings. The summed E-state index contributed by atoms with van der Waals surface area (Å²) in [6.07, 6.45) is 1.13. The fourth-order valence-electron chi connectivity index (χ4n) is 2.41. The van der Waals surface area contributed by atoms with E-state index in [1.54, 1.807) is 11.8 Å². The van der Waals surface area contributed by atoms with Crippen LogP contribution < -0.4 is 5.32 Å². The number of nitrogens with one attached hydrogen (secondary N) is 1. The summed E-state index contributed by atoms with van der Waals surface area (Å²) >= 11 is 0. The topological polar surface area (TPSA) is 90.0 Å². The lowest BCUT2D eigenvalue weighted by Crippen LogP contribution is -2.53. The average Bonchev–Trinajstić information content (AvgIpc) is 2.89. The molecule has 0 aliphatic carbocycles. The van der Waals surface area contributed by atoms with Crippen molar-refractivity contribution in [1.82, 2.24) is 15.1 Å². The molecule has 0 spiro atoms. The van der Waals surface area contributed by atoms with E-state index < -0.39 is 24.1 Å². The molecule has 0 aromatic heterocycles. The van der Waals surface area contributed by atoms with Crippen LogP contribution >= 0.6 is 0 Å². The lowest BCUT2D eigenvalue weighted by Gasteiger charge is -2.27. The normalized spacial score (nSPS) is 19.6. The van der Waals surface area contributed by atoms with Gasteiger partial charge in [-0.05, 0) is 33.6 Å². The first kappa shape index (κ1) is 16.3. The third-order valence-corrected chi connectivity index (χ3v) is 3.58. The molecule has 1 saturated heterocycles. The maximum Gasteiger partial charge on any atom is 0.326 e. The quantitative estimate of drug-likeness (QED) is 0.769. The Morgan fingerprint density at radius 2 is 1.95 bits per heavy atom. The first-order valence-electron chi connectivity index (χ1n) is 7.01. The molecule has 7 heteroatoms. The van der Waals surface area contributed by atoms with Crippen LogP contribution in [0, 0.1) is 0 Å². The van der Waals surface area contributed by atoms with Crippen molar-refractivity contribution in [2.24, 2.45) is 0 Å². The molecule has 0 saturated carbocycles. The third-order valence-electron chi connectivity index (χ3n) is 3.58. The van der Waals surface area contributed by atoms with Crippen LogP contribution in [-0.2, 0) is 9.59 Å². The maximum atomic E-state index is 12.1. The standard InChI is InChI=1S/C13H23N3O4/c1-4-15(5-2)11(17)9(3)14-13(20)16-8-6-7-10(16)12(18)19/h9-10H,4-8H2,1-3H3,(H,14,20)(H,18,19)/t9?,10-/m1/s1. The second-order valence-corrected chi connectivity index (χ2v) is 4.87. The van der Waals surface area contributed by atoms with E-state index in [2.05, 4.69) is 5.32 Å². The molecule has 2 atom stereocenters. The van der Waals surface area contributed by atoms with Crippen molar-refractivity contribution in [1.29, 1.82) is 0 Å². The molecule has 0 bridgehead atoms. The molecule has 0 radical (unpaired) electrons. The maximum absolute atomic E-state index is 12.1. The molecule has 1 fully saturated rings. The van der Waals surface area contributed by atoms with Gasteiger partial charge in [0, 0.05) is 19.6 Å². The lowest BCUT2D eigenvalue weighted by molar-refractivity contribution is -0.141. The molecule has 1 aliphatic heterocycles. The molecule has 1 aliphatic rings. The number of carbonyl (C=O) groups is 3. The number of urea groups is 1. The SMILES string of the molecule is CCN(CC)C(=O)C(C)NC(=O)N1CCC[C@@H]1C(=O)O. The lowest BCUT2D eigenvalue weighted by atomic mass is 10.2. The zero-order valence-corrected chi connectivity index (χ0v) is 12.3. The zero-order valence-electron chi connectivity index (χ0n) is 12.3. The summed E-state index contributed by atoms with van der Waals surface area (Å²) in [5.41, 5.74) is 0. The molecule has 3 amide bonds. The van der Waals surface area contributed by atoms with Crippen LogP contribution in [0.4, 0.5) is 4.79 Å². The van der Waals surface area contributed by atoms with Crippen LogP contribution in [0.1, 0.15) is 33.6 Å². The van der Waals surface area contributed by atoms with Gasteiger partial charge in [-0.15, -0.1) is 0 Å². The van der Waals surface area contributed by atoms with E-state index in [1.807, 2.05) is 13.8 Å². The Morgan fingerprint density at radius 1 is 1.35 bits per heavy atom. The Kier molecular flexibility index (Phi) is 5.79. The van der Waals surface area contributed by atoms with Gasteiger partial charge in [-0.1, -0.05) is 0 Å². The Labute approximate surface area is 118 Å². The zero-order chi connectivity index (χ0) is 15.3. The highest BCUT2D eigenvalue weighted by atomic mass is 16.4. The van der Waals surface area contributed by atoms with Gasteiger partial charge in [0.1, 0.15) is 12.1 Å². The van der Waals surface area contributed by atoms with Gasteiger partial charge in [0.15, 0.2) is 0 Å². The summed E-state index contributed by atoms with van der Waals surface area (Å²) < 4.78 is 0. The van der Waals surface area contributed by atoms with E-state index in [4.69, 9.17) is 5.11 Å². The van der Waals surface area contributed by atoms with Gasteiger partial charge in [0.05, 0.1) is 0 Å². The smallest absolute Gasteiger partial charge is 0.326 e. The number of nitrogens with zero attached hydrogens (tertiary/aromatic N) is 2. The second kappa shape index (κ2) is 7.12. The minimum atomic E-state index is -1.000. The molecule has 2 N–H and O–H groups in total. The van der Waals surface area contributed by atoms with Gasteiger partial charge in [-0.2, -0.15) is 0 Å². The van der Waals surface area contributed by atoms with Crippen molar-refractivity contribution in [3.05, 3.63) is 0 Å². The van der Waals surface area contributed by atoms with E-state index in [9.17, 15) is 14.4 Å². The van der Waals surface area contributed by atoms with E-state index in [0.717, 1.165) is 0 Å². The van der Waals surface area contributed by atoms with Gasteiger partial charge < -0.3 is 20.2 Å². The van der Waals surface area contributed by atoms with Crippen LogP contribution in [0.2, 0.25) is 0 Å². The number of likely N-dealkylation sites (N-methyl/N-ethyl adjacent to an activating group) is 1. The first-order chi connectivity index (χ1) is 9.42. The number of carboxylic acids is 1. The second-order valence-electron chi connectivity index (χ2n) is 4.87. The van der Waals surface area contributed by atoms with Gasteiger partial charge in [-0.25, -0.2) is 9.59 Å². The number of aliphatic carboxylic acids is 1. The summed E-state index contributed by atoms with van der Waals surface area (Å²) in [6, 6.07) is -1.92. The minimum absolute atomic E-state index is 0.158. The summed E-state index contributed by atoms with van der Waals surface area (Å²) in [4.78, 5) is 38.1. The number of hydrogen-bond acceptors (Lipinski definition) is 3. The Balaban J connectivity index is 2.61. The minimum Gasteiger partial charge on any atom is -0.480 e. The fourth-order valence-corrected chi connectivity index (χ4v) is 2.41. The van der Waals surface area contributed by atoms with E-state index in [1.165, 1.54) is 4.90 Å². The number of amides is 3. The van der Waals surface area contributed by atoms with E-state index in [0.29, 0.717) is 32.5 Å². The molecular weight excluding hydrogens is 262 g/mol. The predicted octanol–water partition coefficient (Wildman–Crippen LogP) is 0.502. The molecule has 20 heavy (non-hydrogen) atoms. The summed E-state index contributed by atoms with van der Waals surface area (Å²) in [5, 5.41) is 11.6. The van der Waals surface area contributed by atoms with Crippen molar-refractivity contribution in [2.45, 2.75) is 45.7 Å². The molecule has 1 rings (SSSR count). The third kappa shape index (κ3) is 3.61. The van der Waals surface area contributed by atoms with Crippen molar-refractivity contribution < 1.29 is 19.5 Å². The first-order valence-corrected chi connectivity index (χ1v) is 7.01. The molecule has 114 valence electrons. The highest BCUT2D eigenvalue weighted by Gasteiger charge is 2.35. The Bertz CT molecular complexity index is 382. The average molecular weight is 285 g/mol. The number of carbonyl (C=O) groups excluding carboxylic acids is 2. The highest BCUT2D eigenvalue weighted by molar-refractivity contribution is 5.88. The van der Waals surface area contributed by atoms with Crippen LogP contribution in [0.5, 0.6) is 0 Å². The summed E-state index contributed by atoms with van der Waals surface area (Å²) in [7, 11) is 0. The van der Waals surface area contributed by atoms with Crippen molar-refractivity contribution in [3.8, 4) is 0 Å². The van der Waals surface area contributed by atoms with Gasteiger partial charge in [0.2, 0.25) is 5.91 Å². The van der Waals surface area contributed by atoms with E-state index in [-0.39, 0.29) is 5.91 Å². The van der Waals surface area contributed by atoms with Crippen molar-refractivity contribution in [2.75, 3.05) is 19.6 Å². The Hall–Kier alpha value is -1.79. The van der Waals surface area contributed by atoms with Crippen molar-refractivity contribution in [3.63, 3.8) is 0 Å².